The minimum atomic E-state index is 0.830. The van der Waals surface area contributed by atoms with E-state index >= 15 is 0 Å². The molecule has 0 aliphatic carbocycles. The first-order valence-corrected chi connectivity index (χ1v) is 6.56. The van der Waals surface area contributed by atoms with Gasteiger partial charge < -0.3 is 10.1 Å². The van der Waals surface area contributed by atoms with Crippen molar-refractivity contribution in [3.8, 4) is 5.75 Å². The predicted molar refractivity (Wildman–Crippen MR) is 73.4 cm³/mol. The van der Waals surface area contributed by atoms with Crippen molar-refractivity contribution in [1.82, 2.24) is 5.32 Å². The molecule has 0 spiro atoms. The first kappa shape index (κ1) is 14.0. The van der Waals surface area contributed by atoms with Gasteiger partial charge in [-0.1, -0.05) is 38.8 Å². The summed E-state index contributed by atoms with van der Waals surface area (Å²) in [6.45, 7) is 6.62. The number of hydrogen-bond acceptors (Lipinski definition) is 2. The van der Waals surface area contributed by atoms with Gasteiger partial charge in [0.15, 0.2) is 0 Å². The molecule has 0 aliphatic heterocycles. The van der Waals surface area contributed by atoms with Crippen molar-refractivity contribution in [2.75, 3.05) is 13.7 Å². The monoisotopic (exact) mass is 235 g/mol. The zero-order chi connectivity index (χ0) is 12.5. The van der Waals surface area contributed by atoms with Crippen molar-refractivity contribution >= 4 is 0 Å². The first-order chi connectivity index (χ1) is 8.22. The second kappa shape index (κ2) is 8.13. The number of rotatable bonds is 8. The van der Waals surface area contributed by atoms with E-state index in [1.165, 1.54) is 24.8 Å². The minimum absolute atomic E-state index is 0.830. The molecule has 0 saturated heterocycles. The second-order valence-electron chi connectivity index (χ2n) is 4.91. The number of benzene rings is 1. The Kier molecular flexibility index (Phi) is 6.71. The van der Waals surface area contributed by atoms with Crippen molar-refractivity contribution in [3.05, 3.63) is 29.8 Å². The number of unbranched alkanes of at least 4 members (excludes halogenated alkanes) is 1. The van der Waals surface area contributed by atoms with Crippen molar-refractivity contribution in [3.63, 3.8) is 0 Å². The molecule has 2 nitrogen and oxygen atoms in total. The van der Waals surface area contributed by atoms with E-state index in [0.29, 0.717) is 0 Å². The van der Waals surface area contributed by atoms with Gasteiger partial charge in [-0.25, -0.2) is 0 Å². The zero-order valence-electron chi connectivity index (χ0n) is 11.3. The molecule has 0 amide bonds. The Morgan fingerprint density at radius 1 is 1.12 bits per heavy atom. The van der Waals surface area contributed by atoms with Crippen LogP contribution in [0.15, 0.2) is 24.3 Å². The third-order valence-electron chi connectivity index (χ3n) is 2.87. The van der Waals surface area contributed by atoms with Gasteiger partial charge in [0, 0.05) is 6.54 Å². The fourth-order valence-corrected chi connectivity index (χ4v) is 1.78. The Balaban J connectivity index is 2.09. The molecule has 0 bridgehead atoms. The van der Waals surface area contributed by atoms with Crippen molar-refractivity contribution in [2.24, 2.45) is 5.92 Å². The number of nitrogens with one attached hydrogen (secondary N) is 1. The molecule has 0 atom stereocenters. The van der Waals surface area contributed by atoms with Crippen molar-refractivity contribution in [2.45, 2.75) is 39.7 Å². The summed E-state index contributed by atoms with van der Waals surface area (Å²) in [5, 5.41) is 3.47. The summed E-state index contributed by atoms with van der Waals surface area (Å²) in [6, 6.07) is 8.24. The van der Waals surface area contributed by atoms with Gasteiger partial charge in [-0.15, -0.1) is 0 Å². The highest BCUT2D eigenvalue weighted by Gasteiger charge is 1.96. The fourth-order valence-electron chi connectivity index (χ4n) is 1.78. The molecule has 2 heteroatoms. The molecule has 0 heterocycles. The van der Waals surface area contributed by atoms with Gasteiger partial charge >= 0.3 is 0 Å². The van der Waals surface area contributed by atoms with Crippen molar-refractivity contribution < 1.29 is 4.74 Å². The average molecular weight is 235 g/mol. The summed E-state index contributed by atoms with van der Waals surface area (Å²) >= 11 is 0. The highest BCUT2D eigenvalue weighted by atomic mass is 16.5. The van der Waals surface area contributed by atoms with Crippen LogP contribution in [0, 0.1) is 5.92 Å². The lowest BCUT2D eigenvalue weighted by Gasteiger charge is -2.07. The van der Waals surface area contributed by atoms with Gasteiger partial charge in [0.2, 0.25) is 0 Å². The first-order valence-electron chi connectivity index (χ1n) is 6.56. The maximum atomic E-state index is 5.13. The van der Waals surface area contributed by atoms with E-state index < -0.39 is 0 Å². The lowest BCUT2D eigenvalue weighted by molar-refractivity contribution is 0.414. The molecular weight excluding hydrogens is 210 g/mol. The normalized spacial score (nSPS) is 10.8. The number of hydrogen-bond donors (Lipinski definition) is 1. The zero-order valence-corrected chi connectivity index (χ0v) is 11.3. The van der Waals surface area contributed by atoms with Gasteiger partial charge in [0.1, 0.15) is 5.75 Å². The molecule has 17 heavy (non-hydrogen) atoms. The Hall–Kier alpha value is -1.02. The topological polar surface area (TPSA) is 21.3 Å². The molecule has 0 unspecified atom stereocenters. The Bertz CT molecular complexity index is 292. The molecule has 96 valence electrons. The van der Waals surface area contributed by atoms with E-state index in [4.69, 9.17) is 4.74 Å². The molecule has 0 fully saturated rings. The van der Waals surface area contributed by atoms with Gasteiger partial charge in [-0.2, -0.15) is 0 Å². The number of methoxy groups -OCH3 is 1. The molecule has 0 aromatic heterocycles. The molecule has 1 rings (SSSR count). The Labute approximate surface area is 105 Å². The van der Waals surface area contributed by atoms with Crippen molar-refractivity contribution in [1.29, 1.82) is 0 Å². The number of ether oxygens (including phenoxy) is 1. The van der Waals surface area contributed by atoms with E-state index in [-0.39, 0.29) is 0 Å². The van der Waals surface area contributed by atoms with Gasteiger partial charge in [0.25, 0.3) is 0 Å². The minimum Gasteiger partial charge on any atom is -0.497 e. The van der Waals surface area contributed by atoms with Gasteiger partial charge in [-0.3, -0.25) is 0 Å². The van der Waals surface area contributed by atoms with Crippen LogP contribution in [0.3, 0.4) is 0 Å². The van der Waals surface area contributed by atoms with Crippen LogP contribution in [0.1, 0.15) is 38.7 Å². The van der Waals surface area contributed by atoms with Crippen LogP contribution in [0.2, 0.25) is 0 Å². The molecule has 0 saturated carbocycles. The highest BCUT2D eigenvalue weighted by molar-refractivity contribution is 5.26. The molecule has 0 radical (unpaired) electrons. The quantitative estimate of drug-likeness (QED) is 0.695. The summed E-state index contributed by atoms with van der Waals surface area (Å²) in [6.07, 6.45) is 3.94. The summed E-state index contributed by atoms with van der Waals surface area (Å²) in [4.78, 5) is 0. The molecule has 0 aliphatic rings. The van der Waals surface area contributed by atoms with Crippen LogP contribution in [0.5, 0.6) is 5.75 Å². The Morgan fingerprint density at radius 2 is 1.82 bits per heavy atom. The smallest absolute Gasteiger partial charge is 0.118 e. The summed E-state index contributed by atoms with van der Waals surface area (Å²) in [5.41, 5.74) is 1.31. The van der Waals surface area contributed by atoms with Crippen LogP contribution in [-0.2, 0) is 6.54 Å². The highest BCUT2D eigenvalue weighted by Crippen LogP contribution is 2.11. The van der Waals surface area contributed by atoms with Gasteiger partial charge in [0.05, 0.1) is 7.11 Å². The maximum absolute atomic E-state index is 5.13. The standard InChI is InChI=1S/C15H25NO/c1-13(2)6-4-5-11-16-12-14-7-9-15(17-3)10-8-14/h7-10,13,16H,4-6,11-12H2,1-3H3. The van der Waals surface area contributed by atoms with Gasteiger partial charge in [-0.05, 0) is 36.6 Å². The molecule has 1 aromatic carbocycles. The fraction of sp³-hybridized carbons (Fsp3) is 0.600. The third-order valence-corrected chi connectivity index (χ3v) is 2.87. The lowest BCUT2D eigenvalue weighted by atomic mass is 10.1. The Morgan fingerprint density at radius 3 is 2.41 bits per heavy atom. The van der Waals surface area contributed by atoms with E-state index in [2.05, 4.69) is 31.3 Å². The lowest BCUT2D eigenvalue weighted by Crippen LogP contribution is -2.14. The van der Waals surface area contributed by atoms with Crippen LogP contribution in [0.4, 0.5) is 0 Å². The van der Waals surface area contributed by atoms with Crippen LogP contribution < -0.4 is 10.1 Å². The van der Waals surface area contributed by atoms with E-state index in [9.17, 15) is 0 Å². The third kappa shape index (κ3) is 6.32. The SMILES string of the molecule is COc1ccc(CNCCCCC(C)C)cc1. The second-order valence-corrected chi connectivity index (χ2v) is 4.91. The predicted octanol–water partition coefficient (Wildman–Crippen LogP) is 3.61. The molecule has 1 aromatic rings. The van der Waals surface area contributed by atoms with Crippen LogP contribution in [-0.4, -0.2) is 13.7 Å². The average Bonchev–Trinajstić information content (AvgIpc) is 2.34. The van der Waals surface area contributed by atoms with Crippen LogP contribution in [0.25, 0.3) is 0 Å². The van der Waals surface area contributed by atoms with E-state index in [0.717, 1.165) is 24.8 Å². The summed E-state index contributed by atoms with van der Waals surface area (Å²) < 4.78 is 5.13. The molecule has 1 N–H and O–H groups in total. The summed E-state index contributed by atoms with van der Waals surface area (Å²) in [5.74, 6) is 1.75. The largest absolute Gasteiger partial charge is 0.497 e. The maximum Gasteiger partial charge on any atom is 0.118 e. The summed E-state index contributed by atoms with van der Waals surface area (Å²) in [7, 11) is 1.70. The van der Waals surface area contributed by atoms with Crippen LogP contribution >= 0.6 is 0 Å². The molecular formula is C15H25NO. The van der Waals surface area contributed by atoms with E-state index in [1.807, 2.05) is 12.1 Å². The van der Waals surface area contributed by atoms with E-state index in [1.54, 1.807) is 7.11 Å².